The van der Waals surface area contributed by atoms with Gasteiger partial charge in [0.15, 0.2) is 0 Å². The molecule has 1 rings (SSSR count). The molecule has 5 nitrogen and oxygen atoms in total. The van der Waals surface area contributed by atoms with Crippen LogP contribution in [0.25, 0.3) is 0 Å². The van der Waals surface area contributed by atoms with Crippen LogP contribution in [-0.4, -0.2) is 35.8 Å². The summed E-state index contributed by atoms with van der Waals surface area (Å²) in [5.74, 6) is -12.1. The maximum Gasteiger partial charge on any atom is 0.573 e. The Morgan fingerprint density at radius 2 is 1.31 bits per heavy atom. The minimum atomic E-state index is -6.11. The van der Waals surface area contributed by atoms with Gasteiger partial charge in [-0.25, -0.2) is 4.79 Å². The van der Waals surface area contributed by atoms with Crippen LogP contribution in [0.1, 0.15) is 10.4 Å². The first-order valence-electron chi connectivity index (χ1n) is 6.00. The van der Waals surface area contributed by atoms with E-state index in [4.69, 9.17) is 5.11 Å². The molecule has 0 bridgehead atoms. The number of carbonyl (C=O) groups is 2. The van der Waals surface area contributed by atoms with Crippen LogP contribution in [0.3, 0.4) is 0 Å². The first-order valence-corrected chi connectivity index (χ1v) is 6.00. The number of hydrogen-bond donors (Lipinski definition) is 1. The second kappa shape index (κ2) is 6.92. The average molecular weight is 400 g/mol. The molecule has 0 radical (unpaired) electrons. The monoisotopic (exact) mass is 400 g/mol. The van der Waals surface area contributed by atoms with Gasteiger partial charge in [-0.15, -0.1) is 13.2 Å². The Kier molecular flexibility index (Phi) is 5.68. The smallest absolute Gasteiger partial charge is 0.478 e. The van der Waals surface area contributed by atoms with Crippen LogP contribution in [0.2, 0.25) is 0 Å². The minimum absolute atomic E-state index is 0.0988. The highest BCUT2D eigenvalue weighted by Gasteiger charge is 2.62. The van der Waals surface area contributed by atoms with E-state index in [9.17, 15) is 49.1 Å². The van der Waals surface area contributed by atoms with Crippen molar-refractivity contribution in [3.8, 4) is 11.5 Å². The highest BCUT2D eigenvalue weighted by Crippen LogP contribution is 2.40. The summed E-state index contributed by atoms with van der Waals surface area (Å²) in [7, 11) is 0. The van der Waals surface area contributed by atoms with Gasteiger partial charge in [0.1, 0.15) is 11.5 Å². The summed E-state index contributed by atoms with van der Waals surface area (Å²) in [4.78, 5) is 22.0. The Hall–Kier alpha value is -2.67. The Balaban J connectivity index is 3.25. The van der Waals surface area contributed by atoms with Crippen LogP contribution >= 0.6 is 0 Å². The zero-order valence-electron chi connectivity index (χ0n) is 11.8. The van der Waals surface area contributed by atoms with Gasteiger partial charge in [0.05, 0.1) is 5.56 Å². The first-order chi connectivity index (χ1) is 11.5. The summed E-state index contributed by atoms with van der Waals surface area (Å²) >= 11 is 0. The SMILES string of the molecule is O=C(O)c1cc(OC(=O)C(C(F)(F)F)C(F)(F)F)cc(OC(F)(F)F)c1. The number of alkyl halides is 9. The van der Waals surface area contributed by atoms with Gasteiger partial charge in [-0.05, 0) is 12.1 Å². The molecular formula is C12H5F9O5. The van der Waals surface area contributed by atoms with Gasteiger partial charge in [-0.2, -0.15) is 26.3 Å². The second-order valence-corrected chi connectivity index (χ2v) is 4.48. The molecule has 0 aliphatic heterocycles. The number of benzene rings is 1. The van der Waals surface area contributed by atoms with Crippen LogP contribution in [0.15, 0.2) is 18.2 Å². The molecule has 0 atom stereocenters. The fraction of sp³-hybridized carbons (Fsp3) is 0.333. The van der Waals surface area contributed by atoms with E-state index in [1.807, 2.05) is 0 Å². The lowest BCUT2D eigenvalue weighted by atomic mass is 10.1. The summed E-state index contributed by atoms with van der Waals surface area (Å²) in [6.07, 6.45) is -17.6. The van der Waals surface area contributed by atoms with Crippen LogP contribution < -0.4 is 9.47 Å². The third-order valence-corrected chi connectivity index (χ3v) is 2.47. The van der Waals surface area contributed by atoms with E-state index in [2.05, 4.69) is 9.47 Å². The fourth-order valence-electron chi connectivity index (χ4n) is 1.57. The molecule has 0 aliphatic rings. The van der Waals surface area contributed by atoms with Crippen LogP contribution in [0.4, 0.5) is 39.5 Å². The van der Waals surface area contributed by atoms with Gasteiger partial charge < -0.3 is 14.6 Å². The van der Waals surface area contributed by atoms with Gasteiger partial charge in [0, 0.05) is 6.07 Å². The molecule has 0 spiro atoms. The molecule has 0 aromatic heterocycles. The molecule has 0 saturated heterocycles. The number of halogens is 9. The highest BCUT2D eigenvalue weighted by atomic mass is 19.4. The van der Waals surface area contributed by atoms with Crippen molar-refractivity contribution in [2.75, 3.05) is 0 Å². The lowest BCUT2D eigenvalue weighted by Gasteiger charge is -2.21. The standard InChI is InChI=1S/C12H5F9O5/c13-10(14,15)7(11(16,17)18)9(24)25-5-1-4(8(22)23)2-6(3-5)26-12(19,20)21/h1-3,7H,(H,22,23). The number of ether oxygens (including phenoxy) is 2. The molecule has 0 unspecified atom stereocenters. The van der Waals surface area contributed by atoms with E-state index in [0.29, 0.717) is 0 Å². The number of carbonyl (C=O) groups excluding carboxylic acids is 1. The third-order valence-electron chi connectivity index (χ3n) is 2.47. The molecular weight excluding hydrogens is 395 g/mol. The van der Waals surface area contributed by atoms with Crippen molar-refractivity contribution in [1.82, 2.24) is 0 Å². The van der Waals surface area contributed by atoms with Crippen LogP contribution in [0.5, 0.6) is 11.5 Å². The molecule has 0 heterocycles. The predicted molar refractivity (Wildman–Crippen MR) is 61.3 cm³/mol. The molecule has 0 saturated carbocycles. The number of esters is 1. The highest BCUT2D eigenvalue weighted by molar-refractivity contribution is 5.89. The van der Waals surface area contributed by atoms with Crippen molar-refractivity contribution in [2.45, 2.75) is 18.7 Å². The molecule has 0 aliphatic carbocycles. The number of aromatic carboxylic acids is 1. The molecule has 0 fully saturated rings. The fourth-order valence-corrected chi connectivity index (χ4v) is 1.57. The van der Waals surface area contributed by atoms with E-state index >= 15 is 0 Å². The predicted octanol–water partition coefficient (Wildman–Crippen LogP) is 3.93. The van der Waals surface area contributed by atoms with E-state index in [-0.39, 0.29) is 18.2 Å². The van der Waals surface area contributed by atoms with Crippen molar-refractivity contribution >= 4 is 11.9 Å². The topological polar surface area (TPSA) is 72.8 Å². The lowest BCUT2D eigenvalue weighted by molar-refractivity contribution is -0.279. The zero-order valence-corrected chi connectivity index (χ0v) is 11.8. The Bertz CT molecular complexity index is 676. The third kappa shape index (κ3) is 6.00. The van der Waals surface area contributed by atoms with Crippen molar-refractivity contribution in [3.05, 3.63) is 23.8 Å². The first kappa shape index (κ1) is 21.4. The minimum Gasteiger partial charge on any atom is -0.478 e. The van der Waals surface area contributed by atoms with Gasteiger partial charge in [-0.1, -0.05) is 0 Å². The van der Waals surface area contributed by atoms with Crippen molar-refractivity contribution in [2.24, 2.45) is 5.92 Å². The normalized spacial score (nSPS) is 12.8. The summed E-state index contributed by atoms with van der Waals surface area (Å²) < 4.78 is 118. The van der Waals surface area contributed by atoms with Crippen LogP contribution in [0, 0.1) is 5.92 Å². The molecule has 0 amide bonds. The number of carboxylic acid groups (broad SMARTS) is 1. The van der Waals surface area contributed by atoms with Gasteiger partial charge in [0.2, 0.25) is 5.92 Å². The maximum atomic E-state index is 12.4. The second-order valence-electron chi connectivity index (χ2n) is 4.48. The lowest BCUT2D eigenvalue weighted by Crippen LogP contribution is -2.44. The van der Waals surface area contributed by atoms with Crippen molar-refractivity contribution < 1.29 is 63.7 Å². The molecule has 1 aromatic rings. The van der Waals surface area contributed by atoms with E-state index in [0.717, 1.165) is 0 Å². The van der Waals surface area contributed by atoms with E-state index in [1.54, 1.807) is 0 Å². The summed E-state index contributed by atoms with van der Waals surface area (Å²) in [6, 6.07) is 0.604. The zero-order chi connectivity index (χ0) is 20.5. The van der Waals surface area contributed by atoms with Crippen LogP contribution in [-0.2, 0) is 4.79 Å². The van der Waals surface area contributed by atoms with Gasteiger partial charge in [-0.3, -0.25) is 4.79 Å². The molecule has 1 aromatic carbocycles. The number of rotatable bonds is 4. The van der Waals surface area contributed by atoms with Gasteiger partial charge >= 0.3 is 30.7 Å². The summed E-state index contributed by atoms with van der Waals surface area (Å²) in [6.45, 7) is 0. The number of hydrogen-bond acceptors (Lipinski definition) is 4. The van der Waals surface area contributed by atoms with E-state index in [1.165, 1.54) is 0 Å². The van der Waals surface area contributed by atoms with Crippen molar-refractivity contribution in [1.29, 1.82) is 0 Å². The maximum absolute atomic E-state index is 12.4. The van der Waals surface area contributed by atoms with Crippen molar-refractivity contribution in [3.63, 3.8) is 0 Å². The summed E-state index contributed by atoms with van der Waals surface area (Å²) in [5, 5.41) is 8.70. The summed E-state index contributed by atoms with van der Waals surface area (Å²) in [5.41, 5.74) is -1.05. The molecule has 146 valence electrons. The van der Waals surface area contributed by atoms with E-state index < -0.39 is 53.6 Å². The Labute approximate surface area is 136 Å². The number of carboxylic acids is 1. The molecule has 14 heteroatoms. The van der Waals surface area contributed by atoms with Gasteiger partial charge in [0.25, 0.3) is 0 Å². The Morgan fingerprint density at radius 1 is 0.846 bits per heavy atom. The largest absolute Gasteiger partial charge is 0.573 e. The average Bonchev–Trinajstić information content (AvgIpc) is 2.31. The Morgan fingerprint density at radius 3 is 1.69 bits per heavy atom. The molecule has 26 heavy (non-hydrogen) atoms. The quantitative estimate of drug-likeness (QED) is 0.471. The molecule has 1 N–H and O–H groups in total.